The van der Waals surface area contributed by atoms with E-state index in [1.54, 1.807) is 75.4 Å². The molecule has 0 amide bonds. The molecule has 1 N–H and O–H groups in total. The normalized spacial score (nSPS) is 12.6. The molecule has 0 radical (unpaired) electrons. The average Bonchev–Trinajstić information content (AvgIpc) is 2.90. The molecule has 0 aliphatic rings. The first-order valence-corrected chi connectivity index (χ1v) is 12.0. The second-order valence-corrected chi connectivity index (χ2v) is 7.87. The van der Waals surface area contributed by atoms with E-state index in [2.05, 4.69) is 0 Å². The van der Waals surface area contributed by atoms with Gasteiger partial charge < -0.3 is 24.1 Å². The summed E-state index contributed by atoms with van der Waals surface area (Å²) in [7, 11) is 0. The van der Waals surface area contributed by atoms with Crippen molar-refractivity contribution in [3.63, 3.8) is 0 Å². The minimum Gasteiger partial charge on any atom is -0.465 e. The van der Waals surface area contributed by atoms with E-state index >= 15 is 0 Å². The number of esters is 3. The van der Waals surface area contributed by atoms with E-state index in [-0.39, 0.29) is 36.7 Å². The van der Waals surface area contributed by atoms with Crippen LogP contribution < -0.4 is 4.74 Å². The first-order chi connectivity index (χ1) is 17.9. The fourth-order valence-electron chi connectivity index (χ4n) is 3.96. The summed E-state index contributed by atoms with van der Waals surface area (Å²) in [5.74, 6) is -2.99. The second-order valence-electron chi connectivity index (χ2n) is 7.87. The van der Waals surface area contributed by atoms with Gasteiger partial charge in [0.05, 0.1) is 43.8 Å². The molecule has 0 saturated carbocycles. The number of fused-ring (bicyclic) bond motifs is 1. The molecule has 37 heavy (non-hydrogen) atoms. The van der Waals surface area contributed by atoms with E-state index in [0.717, 1.165) is 12.3 Å². The van der Waals surface area contributed by atoms with Crippen LogP contribution >= 0.6 is 0 Å². The minimum absolute atomic E-state index is 0.0775. The Morgan fingerprint density at radius 2 is 1.46 bits per heavy atom. The highest BCUT2D eigenvalue weighted by Gasteiger charge is 2.35. The number of benzene rings is 3. The lowest BCUT2D eigenvalue weighted by molar-refractivity contribution is -0.148. The highest BCUT2D eigenvalue weighted by atomic mass is 16.5. The van der Waals surface area contributed by atoms with Crippen LogP contribution in [-0.4, -0.2) is 42.8 Å². The topological polar surface area (TPSA) is 108 Å². The van der Waals surface area contributed by atoms with E-state index < -0.39 is 29.9 Å². The van der Waals surface area contributed by atoms with Crippen LogP contribution in [0.2, 0.25) is 0 Å². The van der Waals surface area contributed by atoms with Gasteiger partial charge in [-0.15, -0.1) is 0 Å². The van der Waals surface area contributed by atoms with Crippen LogP contribution in [0.4, 0.5) is 0 Å². The Bertz CT molecular complexity index is 1270. The van der Waals surface area contributed by atoms with Crippen molar-refractivity contribution in [1.29, 1.82) is 0 Å². The van der Waals surface area contributed by atoms with E-state index in [1.165, 1.54) is 6.07 Å². The number of rotatable bonds is 11. The Labute approximate surface area is 215 Å². The van der Waals surface area contributed by atoms with Gasteiger partial charge in [0, 0.05) is 10.9 Å². The molecule has 0 bridgehead atoms. The van der Waals surface area contributed by atoms with E-state index in [4.69, 9.17) is 18.9 Å². The molecule has 2 atom stereocenters. The lowest BCUT2D eigenvalue weighted by Crippen LogP contribution is -2.24. The zero-order valence-electron chi connectivity index (χ0n) is 21.0. The maximum atomic E-state index is 13.3. The molecule has 0 heterocycles. The molecule has 8 nitrogen and oxygen atoms in total. The fourth-order valence-corrected chi connectivity index (χ4v) is 3.96. The predicted octanol–water partition coefficient (Wildman–Crippen LogP) is 4.85. The van der Waals surface area contributed by atoms with Gasteiger partial charge >= 0.3 is 17.9 Å². The summed E-state index contributed by atoms with van der Waals surface area (Å²) in [5.41, 5.74) is 0.869. The van der Waals surface area contributed by atoms with Crippen molar-refractivity contribution < 1.29 is 38.4 Å². The summed E-state index contributed by atoms with van der Waals surface area (Å²) in [5, 5.41) is 12.4. The van der Waals surface area contributed by atoms with Gasteiger partial charge in [-0.1, -0.05) is 54.6 Å². The highest BCUT2D eigenvalue weighted by Crippen LogP contribution is 2.42. The van der Waals surface area contributed by atoms with Gasteiger partial charge in [-0.25, -0.2) is 9.59 Å². The third-order valence-corrected chi connectivity index (χ3v) is 5.53. The molecular weight excluding hydrogens is 476 g/mol. The van der Waals surface area contributed by atoms with Crippen molar-refractivity contribution in [2.24, 2.45) is 0 Å². The molecule has 3 rings (SSSR count). The maximum absolute atomic E-state index is 13.3. The van der Waals surface area contributed by atoms with Crippen molar-refractivity contribution in [3.05, 3.63) is 89.7 Å². The number of carbonyl (C=O) groups is 3. The van der Waals surface area contributed by atoms with Crippen LogP contribution in [0.3, 0.4) is 0 Å². The quantitative estimate of drug-likeness (QED) is 0.170. The van der Waals surface area contributed by atoms with Gasteiger partial charge in [-0.05, 0) is 37.8 Å². The summed E-state index contributed by atoms with van der Waals surface area (Å²) < 4.78 is 21.4. The van der Waals surface area contributed by atoms with E-state index in [1.807, 2.05) is 0 Å². The third-order valence-electron chi connectivity index (χ3n) is 5.53. The van der Waals surface area contributed by atoms with Crippen molar-refractivity contribution in [1.82, 2.24) is 0 Å². The van der Waals surface area contributed by atoms with Gasteiger partial charge in [-0.2, -0.15) is 0 Å². The summed E-state index contributed by atoms with van der Waals surface area (Å²) >= 11 is 0. The second kappa shape index (κ2) is 13.2. The van der Waals surface area contributed by atoms with Gasteiger partial charge in [0.2, 0.25) is 0 Å². The van der Waals surface area contributed by atoms with Crippen LogP contribution in [0, 0.1) is 0 Å². The number of carbonyl (C=O) groups excluding carboxylic acids is 3. The molecule has 0 fully saturated rings. The molecule has 3 aromatic rings. The molecule has 0 aliphatic heterocycles. The van der Waals surface area contributed by atoms with Gasteiger partial charge in [-0.3, -0.25) is 4.79 Å². The predicted molar refractivity (Wildman–Crippen MR) is 137 cm³/mol. The van der Waals surface area contributed by atoms with Crippen molar-refractivity contribution >= 4 is 28.7 Å². The summed E-state index contributed by atoms with van der Waals surface area (Å²) in [4.78, 5) is 38.1. The lowest BCUT2D eigenvalue weighted by atomic mass is 9.85. The Kier molecular flexibility index (Phi) is 9.80. The minimum atomic E-state index is -1.33. The van der Waals surface area contributed by atoms with Crippen LogP contribution in [0.25, 0.3) is 10.8 Å². The number of aliphatic hydroxyl groups is 1. The van der Waals surface area contributed by atoms with Crippen molar-refractivity contribution in [2.75, 3.05) is 19.8 Å². The standard InChI is InChI=1S/C29H30O8/c1-4-34-24(30)16-17-37-27-21-15-11-10-14-20(21)22(28(32)35-5-2)18-23(27)25(29(33)36-6-3)26(31)19-12-8-7-9-13-19/h7-18,25-26,31H,4-6H2,1-3H3/b17-16+/t25-,26-/m1/s1. The average molecular weight is 507 g/mol. The van der Waals surface area contributed by atoms with Crippen LogP contribution in [0.5, 0.6) is 5.75 Å². The molecule has 0 spiro atoms. The summed E-state index contributed by atoms with van der Waals surface area (Å²) in [6.45, 7) is 5.46. The SMILES string of the molecule is CCOC(=O)/C=C/Oc1c([C@@H](C(=O)OCC)[C@H](O)c2ccccc2)cc(C(=O)OCC)c2ccccc12. The highest BCUT2D eigenvalue weighted by molar-refractivity contribution is 6.07. The number of aliphatic hydroxyl groups excluding tert-OH is 1. The Morgan fingerprint density at radius 3 is 2.11 bits per heavy atom. The van der Waals surface area contributed by atoms with Crippen molar-refractivity contribution in [2.45, 2.75) is 32.8 Å². The Morgan fingerprint density at radius 1 is 0.838 bits per heavy atom. The van der Waals surface area contributed by atoms with Crippen LogP contribution in [0.1, 0.15) is 54.3 Å². The largest absolute Gasteiger partial charge is 0.465 e. The summed E-state index contributed by atoms with van der Waals surface area (Å²) in [6.07, 6.45) is 0.923. The maximum Gasteiger partial charge on any atom is 0.338 e. The zero-order valence-corrected chi connectivity index (χ0v) is 21.0. The first-order valence-electron chi connectivity index (χ1n) is 12.0. The molecule has 194 valence electrons. The number of hydrogen-bond donors (Lipinski definition) is 1. The zero-order chi connectivity index (χ0) is 26.8. The molecule has 0 unspecified atom stereocenters. The molecule has 0 saturated heterocycles. The Hall–Kier alpha value is -4.17. The molecule has 3 aromatic carbocycles. The smallest absolute Gasteiger partial charge is 0.338 e. The van der Waals surface area contributed by atoms with Crippen LogP contribution in [-0.2, 0) is 23.8 Å². The Balaban J connectivity index is 2.28. The van der Waals surface area contributed by atoms with Gasteiger partial charge in [0.25, 0.3) is 0 Å². The van der Waals surface area contributed by atoms with Gasteiger partial charge in [0.1, 0.15) is 11.7 Å². The fraction of sp³-hybridized carbons (Fsp3) is 0.276. The monoisotopic (exact) mass is 506 g/mol. The third kappa shape index (κ3) is 6.54. The first kappa shape index (κ1) is 27.4. The van der Waals surface area contributed by atoms with E-state index in [0.29, 0.717) is 16.3 Å². The summed E-state index contributed by atoms with van der Waals surface area (Å²) in [6, 6.07) is 17.1. The van der Waals surface area contributed by atoms with E-state index in [9.17, 15) is 19.5 Å². The molecule has 0 aliphatic carbocycles. The van der Waals surface area contributed by atoms with Crippen molar-refractivity contribution in [3.8, 4) is 5.75 Å². The molecular formula is C29H30O8. The van der Waals surface area contributed by atoms with Crippen LogP contribution in [0.15, 0.2) is 73.0 Å². The number of hydrogen-bond acceptors (Lipinski definition) is 8. The molecule has 0 aromatic heterocycles. The lowest BCUT2D eigenvalue weighted by Gasteiger charge is -2.25. The molecule has 8 heteroatoms. The number of ether oxygens (including phenoxy) is 4. The van der Waals surface area contributed by atoms with Gasteiger partial charge in [0.15, 0.2) is 0 Å².